The number of anilines is 1. The van der Waals surface area contributed by atoms with Gasteiger partial charge in [-0.15, -0.1) is 0 Å². The first kappa shape index (κ1) is 24.1. The largest absolute Gasteiger partial charge is 0.416 e. The molecule has 6 nitrogen and oxygen atoms in total. The van der Waals surface area contributed by atoms with Crippen LogP contribution in [0.15, 0.2) is 66.7 Å². The Labute approximate surface area is 195 Å². The second kappa shape index (κ2) is 9.93. The molecule has 0 unspecified atom stereocenters. The van der Waals surface area contributed by atoms with Crippen molar-refractivity contribution in [2.75, 3.05) is 5.32 Å². The molecule has 0 saturated carbocycles. The van der Waals surface area contributed by atoms with Gasteiger partial charge < -0.3 is 5.32 Å². The maximum atomic E-state index is 12.8. The Balaban J connectivity index is 1.65. The maximum absolute atomic E-state index is 12.8. The molecule has 0 atom stereocenters. The van der Waals surface area contributed by atoms with Crippen LogP contribution in [0, 0.1) is 0 Å². The molecule has 3 rings (SSSR count). The average Bonchev–Trinajstić information content (AvgIpc) is 2.76. The van der Waals surface area contributed by atoms with E-state index in [1.54, 1.807) is 0 Å². The molecule has 33 heavy (non-hydrogen) atoms. The molecular weight excluding hydrogens is 482 g/mol. The quantitative estimate of drug-likeness (QED) is 0.427. The minimum atomic E-state index is -4.61. The fourth-order valence-electron chi connectivity index (χ4n) is 2.70. The molecule has 0 fully saturated rings. The first-order chi connectivity index (χ1) is 15.5. The number of hydrogen-bond donors (Lipinski definition) is 3. The van der Waals surface area contributed by atoms with E-state index in [1.807, 2.05) is 0 Å². The van der Waals surface area contributed by atoms with Gasteiger partial charge in [-0.1, -0.05) is 35.3 Å². The van der Waals surface area contributed by atoms with Gasteiger partial charge in [0.1, 0.15) is 0 Å². The van der Waals surface area contributed by atoms with Crippen LogP contribution in [-0.4, -0.2) is 17.7 Å². The number of nitrogens with one attached hydrogen (secondary N) is 3. The first-order valence-corrected chi connectivity index (χ1v) is 9.94. The molecule has 11 heteroatoms. The second-order valence-corrected chi connectivity index (χ2v) is 7.49. The molecule has 0 spiro atoms. The molecule has 0 radical (unpaired) electrons. The molecule has 170 valence electrons. The van der Waals surface area contributed by atoms with Gasteiger partial charge in [-0.2, -0.15) is 13.2 Å². The highest BCUT2D eigenvalue weighted by atomic mass is 35.5. The van der Waals surface area contributed by atoms with Crippen molar-refractivity contribution >= 4 is 46.6 Å². The van der Waals surface area contributed by atoms with E-state index in [1.165, 1.54) is 48.5 Å². The van der Waals surface area contributed by atoms with Crippen LogP contribution in [0.1, 0.15) is 36.6 Å². The average molecular weight is 496 g/mol. The molecule has 0 aliphatic heterocycles. The van der Waals surface area contributed by atoms with Gasteiger partial charge in [0.15, 0.2) is 0 Å². The van der Waals surface area contributed by atoms with Crippen LogP contribution < -0.4 is 16.2 Å². The summed E-state index contributed by atoms with van der Waals surface area (Å²) in [7, 11) is 0. The third-order valence-corrected chi connectivity index (χ3v) is 4.85. The summed E-state index contributed by atoms with van der Waals surface area (Å²) >= 11 is 11.8. The maximum Gasteiger partial charge on any atom is 0.416 e. The van der Waals surface area contributed by atoms with E-state index in [0.29, 0.717) is 11.1 Å². The van der Waals surface area contributed by atoms with Crippen molar-refractivity contribution in [1.29, 1.82) is 0 Å². The van der Waals surface area contributed by atoms with Crippen LogP contribution in [-0.2, 0) is 6.18 Å². The van der Waals surface area contributed by atoms with Crippen molar-refractivity contribution in [2.45, 2.75) is 6.18 Å². The molecule has 0 aromatic heterocycles. The van der Waals surface area contributed by atoms with Gasteiger partial charge >= 0.3 is 6.18 Å². The third-order valence-electron chi connectivity index (χ3n) is 4.30. The van der Waals surface area contributed by atoms with E-state index in [9.17, 15) is 27.6 Å². The highest BCUT2D eigenvalue weighted by molar-refractivity contribution is 6.37. The van der Waals surface area contributed by atoms with Crippen molar-refractivity contribution in [3.63, 3.8) is 0 Å². The van der Waals surface area contributed by atoms with E-state index in [-0.39, 0.29) is 27.4 Å². The number of alkyl halides is 3. The highest BCUT2D eigenvalue weighted by Gasteiger charge is 2.30. The number of halogens is 5. The first-order valence-electron chi connectivity index (χ1n) is 9.19. The standard InChI is InChI=1S/C22H14Cl2F3N3O3/c23-15-7-8-17(18(24)11-15)21(33)28-16-6-2-4-13(10-16)20(32)30-29-19(31)12-3-1-5-14(9-12)22(25,26)27/h1-11H,(H,28,33)(H,29,31)(H,30,32). The molecular formula is C22H14Cl2F3N3O3. The van der Waals surface area contributed by atoms with Crippen molar-refractivity contribution in [3.05, 3.63) is 99.0 Å². The number of carbonyl (C=O) groups is 3. The number of benzene rings is 3. The molecule has 3 aromatic rings. The van der Waals surface area contributed by atoms with Crippen LogP contribution in [0.25, 0.3) is 0 Å². The minimum Gasteiger partial charge on any atom is -0.322 e. The van der Waals surface area contributed by atoms with Crippen LogP contribution >= 0.6 is 23.2 Å². The Hall–Kier alpha value is -3.56. The van der Waals surface area contributed by atoms with Crippen LogP contribution in [0.5, 0.6) is 0 Å². The Morgan fingerprint density at radius 3 is 1.94 bits per heavy atom. The molecule has 0 aliphatic rings. The number of carbonyl (C=O) groups excluding carboxylic acids is 3. The Bertz CT molecular complexity index is 1230. The second-order valence-electron chi connectivity index (χ2n) is 6.65. The molecule has 0 aliphatic carbocycles. The lowest BCUT2D eigenvalue weighted by atomic mass is 10.1. The van der Waals surface area contributed by atoms with E-state index < -0.39 is 29.5 Å². The molecule has 0 saturated heterocycles. The zero-order valence-corrected chi connectivity index (χ0v) is 18.0. The Morgan fingerprint density at radius 1 is 0.727 bits per heavy atom. The molecule has 0 heterocycles. The van der Waals surface area contributed by atoms with E-state index in [2.05, 4.69) is 16.2 Å². The van der Waals surface area contributed by atoms with E-state index >= 15 is 0 Å². The third kappa shape index (κ3) is 6.24. The van der Waals surface area contributed by atoms with Gasteiger partial charge in [0.25, 0.3) is 17.7 Å². The lowest BCUT2D eigenvalue weighted by Gasteiger charge is -2.11. The zero-order chi connectivity index (χ0) is 24.2. The summed E-state index contributed by atoms with van der Waals surface area (Å²) in [6.45, 7) is 0. The Morgan fingerprint density at radius 2 is 1.33 bits per heavy atom. The normalized spacial score (nSPS) is 10.9. The lowest BCUT2D eigenvalue weighted by Crippen LogP contribution is -2.41. The van der Waals surface area contributed by atoms with Crippen molar-refractivity contribution in [3.8, 4) is 0 Å². The number of hydrogen-bond acceptors (Lipinski definition) is 3. The van der Waals surface area contributed by atoms with Crippen molar-refractivity contribution < 1.29 is 27.6 Å². The SMILES string of the molecule is O=C(NNC(=O)c1cccc(C(F)(F)F)c1)c1cccc(NC(=O)c2ccc(Cl)cc2Cl)c1. The summed E-state index contributed by atoms with van der Waals surface area (Å²) in [6, 6.07) is 13.9. The van der Waals surface area contributed by atoms with E-state index in [0.717, 1.165) is 12.1 Å². The summed E-state index contributed by atoms with van der Waals surface area (Å²) in [5.41, 5.74) is 3.39. The van der Waals surface area contributed by atoms with Crippen molar-refractivity contribution in [1.82, 2.24) is 10.9 Å². The van der Waals surface area contributed by atoms with Crippen molar-refractivity contribution in [2.24, 2.45) is 0 Å². The topological polar surface area (TPSA) is 87.3 Å². The summed E-state index contributed by atoms with van der Waals surface area (Å²) < 4.78 is 38.4. The van der Waals surface area contributed by atoms with Gasteiger partial charge in [-0.25, -0.2) is 0 Å². The summed E-state index contributed by atoms with van der Waals surface area (Å²) in [5, 5.41) is 3.09. The van der Waals surface area contributed by atoms with Crippen LogP contribution in [0.2, 0.25) is 10.0 Å². The minimum absolute atomic E-state index is 0.0688. The number of rotatable bonds is 4. The summed E-state index contributed by atoms with van der Waals surface area (Å²) in [6.07, 6.45) is -4.61. The van der Waals surface area contributed by atoms with E-state index in [4.69, 9.17) is 23.2 Å². The molecule has 3 amide bonds. The van der Waals surface area contributed by atoms with Gasteiger partial charge in [0.05, 0.1) is 16.1 Å². The molecule has 3 aromatic carbocycles. The molecule has 0 bridgehead atoms. The lowest BCUT2D eigenvalue weighted by molar-refractivity contribution is -0.137. The van der Waals surface area contributed by atoms with Gasteiger partial charge in [-0.05, 0) is 54.6 Å². The Kier molecular flexibility index (Phi) is 7.25. The summed E-state index contributed by atoms with van der Waals surface area (Å²) in [5.74, 6) is -2.22. The molecule has 3 N–H and O–H groups in total. The van der Waals surface area contributed by atoms with Gasteiger partial charge in [-0.3, -0.25) is 25.2 Å². The number of amides is 3. The van der Waals surface area contributed by atoms with Crippen LogP contribution in [0.3, 0.4) is 0 Å². The monoisotopic (exact) mass is 495 g/mol. The smallest absolute Gasteiger partial charge is 0.322 e. The fourth-order valence-corrected chi connectivity index (χ4v) is 3.20. The zero-order valence-electron chi connectivity index (χ0n) is 16.5. The van der Waals surface area contributed by atoms with Crippen LogP contribution in [0.4, 0.5) is 18.9 Å². The fraction of sp³-hybridized carbons (Fsp3) is 0.0455. The predicted octanol–water partition coefficient (Wildman–Crippen LogP) is 5.34. The summed E-state index contributed by atoms with van der Waals surface area (Å²) in [4.78, 5) is 36.9. The number of hydrazine groups is 1. The van der Waals surface area contributed by atoms with Gasteiger partial charge in [0, 0.05) is 21.8 Å². The highest BCUT2D eigenvalue weighted by Crippen LogP contribution is 2.29. The van der Waals surface area contributed by atoms with Gasteiger partial charge in [0.2, 0.25) is 0 Å². The predicted molar refractivity (Wildman–Crippen MR) is 117 cm³/mol.